The Hall–Kier alpha value is -5.06. The van der Waals surface area contributed by atoms with Crippen molar-refractivity contribution >= 4 is 32.7 Å². The molecule has 0 spiro atoms. The topological polar surface area (TPSA) is 98.4 Å². The summed E-state index contributed by atoms with van der Waals surface area (Å²) in [5.41, 5.74) is 4.72. The molecule has 1 amide bonds. The number of aromatic nitrogens is 4. The Morgan fingerprint density at radius 3 is 2.26 bits per heavy atom. The van der Waals surface area contributed by atoms with E-state index >= 15 is 0 Å². The molecule has 2 aromatic carbocycles. The summed E-state index contributed by atoms with van der Waals surface area (Å²) < 4.78 is 28.8. The molecule has 4 aromatic heterocycles. The first-order chi connectivity index (χ1) is 24.3. The number of nitrogens with one attached hydrogen (secondary N) is 1. The molecule has 252 valence electrons. The standard InChI is InChI=1S/C40H37N5O3S2/c1-50(47,48)37-24-22-35(49-37)34-25-41-36-23-21-28(26-44(34)36)33-27-45(43-38(33)39(46)42-32-19-11-12-20-32)40(29-13-5-2-6-14-29,30-15-7-3-8-16-30)31-17-9-4-10-18-31/h2-10,13-17,21-27,31-32H,11-12,18-20H2,1H3,(H,42,46). The molecular weight excluding hydrogens is 663 g/mol. The fraction of sp³-hybridized carbons (Fsp3) is 0.225. The Kier molecular flexibility index (Phi) is 8.36. The van der Waals surface area contributed by atoms with Gasteiger partial charge in [-0.15, -0.1) is 11.3 Å². The van der Waals surface area contributed by atoms with Crippen molar-refractivity contribution in [2.24, 2.45) is 5.92 Å². The predicted octanol–water partition coefficient (Wildman–Crippen LogP) is 7.93. The van der Waals surface area contributed by atoms with Crippen LogP contribution in [0.2, 0.25) is 0 Å². The molecule has 1 atom stereocenters. The van der Waals surface area contributed by atoms with Gasteiger partial charge in [0.05, 0.1) is 16.8 Å². The lowest BCUT2D eigenvalue weighted by Crippen LogP contribution is -2.44. The third-order valence-corrected chi connectivity index (χ3v) is 12.9. The molecular formula is C40H37N5O3S2. The zero-order valence-corrected chi connectivity index (χ0v) is 29.3. The van der Waals surface area contributed by atoms with Gasteiger partial charge in [-0.3, -0.25) is 13.9 Å². The average molecular weight is 700 g/mol. The summed E-state index contributed by atoms with van der Waals surface area (Å²) in [7, 11) is -3.34. The molecule has 10 heteroatoms. The van der Waals surface area contributed by atoms with Gasteiger partial charge in [0, 0.05) is 41.7 Å². The van der Waals surface area contributed by atoms with Crippen molar-refractivity contribution in [1.29, 1.82) is 0 Å². The fourth-order valence-electron chi connectivity index (χ4n) is 7.54. The molecule has 2 aliphatic rings. The highest BCUT2D eigenvalue weighted by molar-refractivity contribution is 7.92. The summed E-state index contributed by atoms with van der Waals surface area (Å²) in [5.74, 6) is -0.192. The van der Waals surface area contributed by atoms with Gasteiger partial charge in [-0.2, -0.15) is 5.10 Å². The molecule has 8 nitrogen and oxygen atoms in total. The van der Waals surface area contributed by atoms with Crippen molar-refractivity contribution in [3.05, 3.63) is 145 Å². The van der Waals surface area contributed by atoms with Gasteiger partial charge in [-0.05, 0) is 54.7 Å². The van der Waals surface area contributed by atoms with Crippen LogP contribution in [0.15, 0.2) is 132 Å². The first-order valence-corrected chi connectivity index (χ1v) is 19.7. The number of benzene rings is 2. The SMILES string of the molecule is CS(=O)(=O)c1ccc(-c2cnc3ccc(-c4cn(C(c5ccccc5)(c5ccccc5)C5C=CC=CC5)nc4C(=O)NC4CCCC4)cn23)s1. The summed E-state index contributed by atoms with van der Waals surface area (Å²) in [6.45, 7) is 0. The zero-order chi connectivity index (χ0) is 34.3. The van der Waals surface area contributed by atoms with Crippen molar-refractivity contribution in [3.63, 3.8) is 0 Å². The molecule has 4 heterocycles. The highest BCUT2D eigenvalue weighted by Gasteiger charge is 2.44. The number of thiophene rings is 1. The maximum atomic E-state index is 14.3. The third-order valence-electron chi connectivity index (χ3n) is 9.94. The smallest absolute Gasteiger partial charge is 0.272 e. The number of pyridine rings is 1. The molecule has 2 aliphatic carbocycles. The molecule has 0 bridgehead atoms. The van der Waals surface area contributed by atoms with Crippen LogP contribution in [0.1, 0.15) is 53.7 Å². The van der Waals surface area contributed by atoms with Gasteiger partial charge in [-0.25, -0.2) is 13.4 Å². The zero-order valence-electron chi connectivity index (χ0n) is 27.6. The van der Waals surface area contributed by atoms with E-state index in [-0.39, 0.29) is 17.9 Å². The summed E-state index contributed by atoms with van der Waals surface area (Å²) in [4.78, 5) is 19.7. The Balaban J connectivity index is 1.35. The molecule has 1 N–H and O–H groups in total. The van der Waals surface area contributed by atoms with E-state index in [2.05, 4.69) is 83.1 Å². The second-order valence-corrected chi connectivity index (χ2v) is 16.5. The molecule has 1 unspecified atom stereocenters. The number of amides is 1. The number of carbonyl (C=O) groups excluding carboxylic acids is 1. The summed E-state index contributed by atoms with van der Waals surface area (Å²) in [6.07, 6.45) is 20.5. The fourth-order valence-corrected chi connectivity index (χ4v) is 9.48. The van der Waals surface area contributed by atoms with E-state index < -0.39 is 15.4 Å². The summed E-state index contributed by atoms with van der Waals surface area (Å²) >= 11 is 1.22. The van der Waals surface area contributed by atoms with E-state index in [1.807, 2.05) is 51.8 Å². The van der Waals surface area contributed by atoms with Gasteiger partial charge in [-0.1, -0.05) is 97.8 Å². The van der Waals surface area contributed by atoms with Gasteiger partial charge >= 0.3 is 0 Å². The molecule has 0 saturated heterocycles. The van der Waals surface area contributed by atoms with E-state index in [0.29, 0.717) is 21.1 Å². The minimum Gasteiger partial charge on any atom is -0.348 e. The van der Waals surface area contributed by atoms with Gasteiger partial charge in [0.2, 0.25) is 0 Å². The van der Waals surface area contributed by atoms with Crippen molar-refractivity contribution < 1.29 is 13.2 Å². The van der Waals surface area contributed by atoms with Gasteiger partial charge in [0.15, 0.2) is 15.5 Å². The molecule has 0 radical (unpaired) electrons. The van der Waals surface area contributed by atoms with Crippen LogP contribution in [0.3, 0.4) is 0 Å². The van der Waals surface area contributed by atoms with Crippen LogP contribution in [0, 0.1) is 5.92 Å². The van der Waals surface area contributed by atoms with Crippen LogP contribution in [0.5, 0.6) is 0 Å². The van der Waals surface area contributed by atoms with Gasteiger partial charge in [0.25, 0.3) is 5.91 Å². The minimum absolute atomic E-state index is 0.00129. The monoisotopic (exact) mass is 699 g/mol. The number of hydrogen-bond acceptors (Lipinski definition) is 6. The number of rotatable bonds is 9. The molecule has 1 saturated carbocycles. The minimum atomic E-state index is -3.34. The normalized spacial score (nSPS) is 16.7. The van der Waals surface area contributed by atoms with E-state index in [1.165, 1.54) is 17.6 Å². The van der Waals surface area contributed by atoms with Crippen LogP contribution in [-0.4, -0.2) is 45.8 Å². The van der Waals surface area contributed by atoms with Crippen molar-refractivity contribution in [2.75, 3.05) is 6.26 Å². The highest BCUT2D eigenvalue weighted by Crippen LogP contribution is 2.45. The third kappa shape index (κ3) is 5.72. The number of imidazole rings is 1. The average Bonchev–Trinajstić information content (AvgIpc) is 3.97. The molecule has 6 aromatic rings. The molecule has 8 rings (SSSR count). The number of sulfone groups is 1. The summed E-state index contributed by atoms with van der Waals surface area (Å²) in [5, 5.41) is 8.57. The number of carbonyl (C=O) groups is 1. The van der Waals surface area contributed by atoms with Crippen molar-refractivity contribution in [2.45, 2.75) is 47.9 Å². The first-order valence-electron chi connectivity index (χ1n) is 17.0. The Labute approximate surface area is 295 Å². The lowest BCUT2D eigenvalue weighted by atomic mass is 9.70. The lowest BCUT2D eigenvalue weighted by Gasteiger charge is -2.41. The maximum absolute atomic E-state index is 14.3. The molecule has 1 fully saturated rings. The molecule has 0 aliphatic heterocycles. The van der Waals surface area contributed by atoms with Crippen LogP contribution in [0.25, 0.3) is 27.3 Å². The Morgan fingerprint density at radius 2 is 1.62 bits per heavy atom. The van der Waals surface area contributed by atoms with E-state index in [9.17, 15) is 13.2 Å². The second-order valence-electron chi connectivity index (χ2n) is 13.1. The number of nitrogens with zero attached hydrogens (tertiary/aromatic N) is 4. The first kappa shape index (κ1) is 32.2. The predicted molar refractivity (Wildman–Crippen MR) is 198 cm³/mol. The second kappa shape index (κ2) is 13.0. The lowest BCUT2D eigenvalue weighted by molar-refractivity contribution is 0.0931. The quantitative estimate of drug-likeness (QED) is 0.165. The van der Waals surface area contributed by atoms with Crippen LogP contribution >= 0.6 is 11.3 Å². The number of allylic oxidation sites excluding steroid dienone is 4. The Morgan fingerprint density at radius 1 is 0.900 bits per heavy atom. The van der Waals surface area contributed by atoms with E-state index in [0.717, 1.165) is 59.4 Å². The number of fused-ring (bicyclic) bond motifs is 1. The van der Waals surface area contributed by atoms with Crippen LogP contribution in [-0.2, 0) is 15.4 Å². The van der Waals surface area contributed by atoms with Crippen LogP contribution in [0.4, 0.5) is 0 Å². The largest absolute Gasteiger partial charge is 0.348 e. The van der Waals surface area contributed by atoms with Crippen molar-refractivity contribution in [3.8, 4) is 21.7 Å². The number of hydrogen-bond donors (Lipinski definition) is 1. The van der Waals surface area contributed by atoms with Gasteiger partial charge in [0.1, 0.15) is 15.4 Å². The van der Waals surface area contributed by atoms with Gasteiger partial charge < -0.3 is 5.32 Å². The summed E-state index contributed by atoms with van der Waals surface area (Å²) in [6, 6.07) is 28.3. The molecule has 50 heavy (non-hydrogen) atoms. The highest BCUT2D eigenvalue weighted by atomic mass is 32.2. The van der Waals surface area contributed by atoms with Crippen molar-refractivity contribution in [1.82, 2.24) is 24.5 Å². The van der Waals surface area contributed by atoms with Crippen LogP contribution < -0.4 is 5.32 Å². The Bertz CT molecular complexity index is 2310. The van der Waals surface area contributed by atoms with E-state index in [1.54, 1.807) is 12.3 Å². The maximum Gasteiger partial charge on any atom is 0.272 e. The van der Waals surface area contributed by atoms with E-state index in [4.69, 9.17) is 5.10 Å².